The predicted molar refractivity (Wildman–Crippen MR) is 71.2 cm³/mol. The van der Waals surface area contributed by atoms with E-state index in [0.29, 0.717) is 6.01 Å². The number of nitrogens with zero attached hydrogens (tertiary/aromatic N) is 3. The fourth-order valence-corrected chi connectivity index (χ4v) is 2.46. The number of ether oxygens (including phenoxy) is 2. The van der Waals surface area contributed by atoms with Crippen molar-refractivity contribution in [1.29, 1.82) is 0 Å². The SMILES string of the molecule is COc1ncc2c(n1)c(C1CCNCCO1)cn2C. The number of hydrogen-bond acceptors (Lipinski definition) is 5. The minimum absolute atomic E-state index is 0.0818. The Bertz CT molecular complexity index is 573. The van der Waals surface area contributed by atoms with E-state index in [1.807, 2.05) is 11.6 Å². The summed E-state index contributed by atoms with van der Waals surface area (Å²) in [5.74, 6) is 0. The van der Waals surface area contributed by atoms with Crippen LogP contribution in [0.25, 0.3) is 11.0 Å². The quantitative estimate of drug-likeness (QED) is 0.876. The molecule has 6 heteroatoms. The standard InChI is InChI=1S/C13H18N4O2/c1-17-8-9(11-3-4-14-5-6-19-11)12-10(17)7-15-13(16-12)18-2/h7-8,11,14H,3-6H2,1-2H3. The highest BCUT2D eigenvalue weighted by Gasteiger charge is 2.21. The molecule has 0 spiro atoms. The van der Waals surface area contributed by atoms with Crippen LogP contribution in [0.1, 0.15) is 18.1 Å². The molecule has 0 radical (unpaired) electrons. The zero-order valence-corrected chi connectivity index (χ0v) is 11.2. The third-order valence-electron chi connectivity index (χ3n) is 3.44. The second-order valence-electron chi connectivity index (χ2n) is 4.68. The fourth-order valence-electron chi connectivity index (χ4n) is 2.46. The number of aromatic nitrogens is 3. The first-order valence-corrected chi connectivity index (χ1v) is 6.48. The van der Waals surface area contributed by atoms with Crippen LogP contribution >= 0.6 is 0 Å². The van der Waals surface area contributed by atoms with Crippen molar-refractivity contribution in [2.45, 2.75) is 12.5 Å². The average molecular weight is 262 g/mol. The molecule has 1 aliphatic heterocycles. The lowest BCUT2D eigenvalue weighted by molar-refractivity contribution is 0.0652. The first-order valence-electron chi connectivity index (χ1n) is 6.48. The first kappa shape index (κ1) is 12.4. The summed E-state index contributed by atoms with van der Waals surface area (Å²) in [4.78, 5) is 8.62. The van der Waals surface area contributed by atoms with Gasteiger partial charge in [0.25, 0.3) is 0 Å². The zero-order valence-electron chi connectivity index (χ0n) is 11.2. The summed E-state index contributed by atoms with van der Waals surface area (Å²) in [5, 5.41) is 3.34. The van der Waals surface area contributed by atoms with Crippen LogP contribution in [0.15, 0.2) is 12.4 Å². The number of methoxy groups -OCH3 is 1. The lowest BCUT2D eigenvalue weighted by Gasteiger charge is -2.13. The summed E-state index contributed by atoms with van der Waals surface area (Å²) < 4.78 is 13.1. The number of fused-ring (bicyclic) bond motifs is 1. The van der Waals surface area contributed by atoms with Gasteiger partial charge in [-0.1, -0.05) is 0 Å². The van der Waals surface area contributed by atoms with E-state index in [-0.39, 0.29) is 6.10 Å². The zero-order chi connectivity index (χ0) is 13.2. The molecule has 1 fully saturated rings. The van der Waals surface area contributed by atoms with E-state index < -0.39 is 0 Å². The largest absolute Gasteiger partial charge is 0.467 e. The summed E-state index contributed by atoms with van der Waals surface area (Å²) in [6, 6.07) is 0.395. The van der Waals surface area contributed by atoms with Crippen molar-refractivity contribution in [2.75, 3.05) is 26.8 Å². The molecule has 3 rings (SSSR count). The molecule has 6 nitrogen and oxygen atoms in total. The van der Waals surface area contributed by atoms with Gasteiger partial charge in [0.1, 0.15) is 5.52 Å². The maximum atomic E-state index is 5.91. The van der Waals surface area contributed by atoms with Gasteiger partial charge in [-0.15, -0.1) is 0 Å². The normalized spacial score (nSPS) is 20.4. The third-order valence-corrected chi connectivity index (χ3v) is 3.44. The van der Waals surface area contributed by atoms with Crippen molar-refractivity contribution in [3.05, 3.63) is 18.0 Å². The predicted octanol–water partition coefficient (Wildman–Crippen LogP) is 1.03. The summed E-state index contributed by atoms with van der Waals surface area (Å²) >= 11 is 0. The molecule has 0 bridgehead atoms. The second kappa shape index (κ2) is 5.14. The molecule has 19 heavy (non-hydrogen) atoms. The van der Waals surface area contributed by atoms with Gasteiger partial charge in [-0.05, 0) is 13.0 Å². The Morgan fingerprint density at radius 1 is 1.47 bits per heavy atom. The summed E-state index contributed by atoms with van der Waals surface area (Å²) in [7, 11) is 3.58. The van der Waals surface area contributed by atoms with Crippen LogP contribution in [0, 0.1) is 0 Å². The first-order chi connectivity index (χ1) is 9.29. The van der Waals surface area contributed by atoms with Gasteiger partial charge in [0.2, 0.25) is 0 Å². The fraction of sp³-hybridized carbons (Fsp3) is 0.538. The van der Waals surface area contributed by atoms with Crippen molar-refractivity contribution >= 4 is 11.0 Å². The van der Waals surface area contributed by atoms with E-state index >= 15 is 0 Å². The molecular formula is C13H18N4O2. The average Bonchev–Trinajstić information content (AvgIpc) is 2.64. The molecule has 0 aromatic carbocycles. The van der Waals surface area contributed by atoms with Crippen molar-refractivity contribution in [3.8, 4) is 6.01 Å². The molecule has 2 aromatic heterocycles. The molecular weight excluding hydrogens is 244 g/mol. The van der Waals surface area contributed by atoms with E-state index in [0.717, 1.165) is 42.7 Å². The van der Waals surface area contributed by atoms with Gasteiger partial charge in [0.05, 0.1) is 31.5 Å². The Morgan fingerprint density at radius 3 is 3.21 bits per heavy atom. The molecule has 1 N–H and O–H groups in total. The highest BCUT2D eigenvalue weighted by Crippen LogP contribution is 2.30. The molecule has 1 unspecified atom stereocenters. The van der Waals surface area contributed by atoms with E-state index in [4.69, 9.17) is 9.47 Å². The third kappa shape index (κ3) is 2.29. The van der Waals surface area contributed by atoms with Gasteiger partial charge in [0.15, 0.2) is 0 Å². The minimum Gasteiger partial charge on any atom is -0.467 e. The van der Waals surface area contributed by atoms with E-state index in [1.165, 1.54) is 0 Å². The maximum absolute atomic E-state index is 5.91. The molecule has 102 valence electrons. The van der Waals surface area contributed by atoms with E-state index in [2.05, 4.69) is 21.5 Å². The van der Waals surface area contributed by atoms with Gasteiger partial charge in [-0.3, -0.25) is 0 Å². The second-order valence-corrected chi connectivity index (χ2v) is 4.68. The lowest BCUT2D eigenvalue weighted by Crippen LogP contribution is -2.16. The number of hydrogen-bond donors (Lipinski definition) is 1. The molecule has 1 aliphatic rings. The van der Waals surface area contributed by atoms with Crippen molar-refractivity contribution < 1.29 is 9.47 Å². The summed E-state index contributed by atoms with van der Waals surface area (Å²) in [6.45, 7) is 2.59. The summed E-state index contributed by atoms with van der Waals surface area (Å²) in [6.07, 6.45) is 4.90. The smallest absolute Gasteiger partial charge is 0.316 e. The van der Waals surface area contributed by atoms with Crippen molar-refractivity contribution in [2.24, 2.45) is 7.05 Å². The topological polar surface area (TPSA) is 61.2 Å². The van der Waals surface area contributed by atoms with Gasteiger partial charge >= 0.3 is 6.01 Å². The van der Waals surface area contributed by atoms with Gasteiger partial charge in [-0.25, -0.2) is 4.98 Å². The van der Waals surface area contributed by atoms with Crippen LogP contribution in [0.3, 0.4) is 0 Å². The van der Waals surface area contributed by atoms with Crippen LogP contribution in [-0.2, 0) is 11.8 Å². The van der Waals surface area contributed by atoms with Gasteiger partial charge < -0.3 is 19.4 Å². The molecule has 3 heterocycles. The van der Waals surface area contributed by atoms with Crippen LogP contribution in [0.5, 0.6) is 6.01 Å². The molecule has 1 saturated heterocycles. The molecule has 0 aliphatic carbocycles. The van der Waals surface area contributed by atoms with Crippen LogP contribution in [-0.4, -0.2) is 41.3 Å². The Labute approximate surface area is 111 Å². The highest BCUT2D eigenvalue weighted by atomic mass is 16.5. The summed E-state index contributed by atoms with van der Waals surface area (Å²) in [5.41, 5.74) is 3.03. The Kier molecular flexibility index (Phi) is 3.35. The van der Waals surface area contributed by atoms with Crippen molar-refractivity contribution in [3.63, 3.8) is 0 Å². The number of aryl methyl sites for hydroxylation is 1. The minimum atomic E-state index is 0.0818. The molecule has 2 aromatic rings. The van der Waals surface area contributed by atoms with E-state index in [9.17, 15) is 0 Å². The number of rotatable bonds is 2. The van der Waals surface area contributed by atoms with Crippen LogP contribution < -0.4 is 10.1 Å². The Morgan fingerprint density at radius 2 is 2.37 bits per heavy atom. The van der Waals surface area contributed by atoms with Gasteiger partial charge in [-0.2, -0.15) is 4.98 Å². The molecule has 1 atom stereocenters. The lowest BCUT2D eigenvalue weighted by atomic mass is 10.1. The molecule has 0 saturated carbocycles. The van der Waals surface area contributed by atoms with Gasteiger partial charge in [0, 0.05) is 25.4 Å². The van der Waals surface area contributed by atoms with Crippen LogP contribution in [0.4, 0.5) is 0 Å². The van der Waals surface area contributed by atoms with E-state index in [1.54, 1.807) is 13.3 Å². The maximum Gasteiger partial charge on any atom is 0.316 e. The number of nitrogens with one attached hydrogen (secondary N) is 1. The monoisotopic (exact) mass is 262 g/mol. The highest BCUT2D eigenvalue weighted by molar-refractivity contribution is 5.79. The Balaban J connectivity index is 2.06. The Hall–Kier alpha value is -1.66. The van der Waals surface area contributed by atoms with Crippen molar-refractivity contribution in [1.82, 2.24) is 19.9 Å². The molecule has 0 amide bonds. The van der Waals surface area contributed by atoms with Crippen LogP contribution in [0.2, 0.25) is 0 Å².